The fourth-order valence-electron chi connectivity index (χ4n) is 4.23. The average molecular weight is 426 g/mol. The molecule has 2 saturated carbocycles. The van der Waals surface area contributed by atoms with Gasteiger partial charge in [-0.1, -0.05) is 31.0 Å². The van der Waals surface area contributed by atoms with Crippen LogP contribution in [0, 0.1) is 0 Å². The molecule has 0 aromatic heterocycles. The van der Waals surface area contributed by atoms with Crippen molar-refractivity contribution in [3.8, 4) is 0 Å². The van der Waals surface area contributed by atoms with Gasteiger partial charge in [-0.15, -0.1) is 0 Å². The van der Waals surface area contributed by atoms with Crippen LogP contribution in [0.4, 0.5) is 18.9 Å². The number of nitrogens with zero attached hydrogens (tertiary/aromatic N) is 3. The van der Waals surface area contributed by atoms with Gasteiger partial charge in [0, 0.05) is 24.4 Å². The highest BCUT2D eigenvalue weighted by Gasteiger charge is 2.44. The van der Waals surface area contributed by atoms with Gasteiger partial charge in [0.25, 0.3) is 0 Å². The van der Waals surface area contributed by atoms with Crippen molar-refractivity contribution in [3.63, 3.8) is 0 Å². The van der Waals surface area contributed by atoms with Gasteiger partial charge in [-0.3, -0.25) is 14.7 Å². The summed E-state index contributed by atoms with van der Waals surface area (Å²) in [5.74, 6) is 0.516. The van der Waals surface area contributed by atoms with E-state index in [-0.39, 0.29) is 12.1 Å². The molecule has 29 heavy (non-hydrogen) atoms. The predicted molar refractivity (Wildman–Crippen MR) is 110 cm³/mol. The molecule has 0 bridgehead atoms. The van der Waals surface area contributed by atoms with E-state index in [1.807, 2.05) is 0 Å². The molecule has 4 rings (SSSR count). The number of alkyl halides is 3. The average Bonchev–Trinajstić information content (AvgIpc) is 3.44. The normalized spacial score (nSPS) is 24.9. The van der Waals surface area contributed by atoms with E-state index in [4.69, 9.17) is 4.99 Å². The molecule has 1 atom stereocenters. The molecule has 0 N–H and O–H groups in total. The summed E-state index contributed by atoms with van der Waals surface area (Å²) in [7, 11) is 0. The quantitative estimate of drug-likeness (QED) is 0.658. The Balaban J connectivity index is 1.59. The molecular formula is C21H26F3N3OS. The number of rotatable bonds is 4. The summed E-state index contributed by atoms with van der Waals surface area (Å²) < 4.78 is 38.8. The fraction of sp³-hybridized carbons (Fsp3) is 0.619. The Morgan fingerprint density at radius 3 is 2.31 bits per heavy atom. The van der Waals surface area contributed by atoms with Crippen LogP contribution in [0.25, 0.3) is 0 Å². The fourth-order valence-corrected chi connectivity index (χ4v) is 5.48. The van der Waals surface area contributed by atoms with Crippen LogP contribution in [-0.2, 0) is 11.0 Å². The zero-order valence-corrected chi connectivity index (χ0v) is 17.3. The van der Waals surface area contributed by atoms with Gasteiger partial charge >= 0.3 is 6.18 Å². The van der Waals surface area contributed by atoms with E-state index in [9.17, 15) is 18.0 Å². The molecule has 2 aliphatic carbocycles. The molecule has 1 aromatic carbocycles. The first-order valence-corrected chi connectivity index (χ1v) is 11.3. The molecule has 3 fully saturated rings. The van der Waals surface area contributed by atoms with Crippen LogP contribution < -0.4 is 4.90 Å². The van der Waals surface area contributed by atoms with E-state index in [1.165, 1.54) is 38.3 Å². The summed E-state index contributed by atoms with van der Waals surface area (Å²) in [6.07, 6.45) is 3.47. The Kier molecular flexibility index (Phi) is 5.82. The van der Waals surface area contributed by atoms with Gasteiger partial charge in [0.1, 0.15) is 6.17 Å². The first-order valence-electron chi connectivity index (χ1n) is 10.3. The maximum absolute atomic E-state index is 12.9. The summed E-state index contributed by atoms with van der Waals surface area (Å²) in [5, 5.41) is 1.00. The van der Waals surface area contributed by atoms with Gasteiger partial charge < -0.3 is 4.90 Å². The zero-order chi connectivity index (χ0) is 20.6. The number of aliphatic imine (C=N–C) groups is 1. The first kappa shape index (κ1) is 20.6. The second kappa shape index (κ2) is 8.20. The van der Waals surface area contributed by atoms with E-state index in [0.29, 0.717) is 23.5 Å². The smallest absolute Gasteiger partial charge is 0.327 e. The largest absolute Gasteiger partial charge is 0.416 e. The molecule has 1 saturated heterocycles. The zero-order valence-electron chi connectivity index (χ0n) is 16.5. The molecule has 8 heteroatoms. The second-order valence-corrected chi connectivity index (χ2v) is 9.05. The number of amides is 1. The van der Waals surface area contributed by atoms with Gasteiger partial charge in [0.15, 0.2) is 5.17 Å². The van der Waals surface area contributed by atoms with Gasteiger partial charge in [-0.25, -0.2) is 0 Å². The Morgan fingerprint density at radius 2 is 1.76 bits per heavy atom. The third-order valence-corrected chi connectivity index (χ3v) is 6.86. The molecule has 0 spiro atoms. The predicted octanol–water partition coefficient (Wildman–Crippen LogP) is 5.28. The topological polar surface area (TPSA) is 35.9 Å². The minimum absolute atomic E-state index is 0.167. The molecule has 1 aliphatic heterocycles. The molecule has 1 heterocycles. The summed E-state index contributed by atoms with van der Waals surface area (Å²) in [6, 6.07) is 5.61. The number of hydrogen-bond donors (Lipinski definition) is 0. The summed E-state index contributed by atoms with van der Waals surface area (Å²) in [5.41, 5.74) is -0.204. The highest BCUT2D eigenvalue weighted by Crippen LogP contribution is 2.40. The Morgan fingerprint density at radius 1 is 1.10 bits per heavy atom. The van der Waals surface area contributed by atoms with Crippen molar-refractivity contribution in [1.29, 1.82) is 0 Å². The van der Waals surface area contributed by atoms with Crippen molar-refractivity contribution in [2.75, 3.05) is 10.7 Å². The lowest BCUT2D eigenvalue weighted by Crippen LogP contribution is -2.51. The number of carbonyl (C=O) groups excluding carboxylic acids is 1. The molecule has 3 aliphatic rings. The van der Waals surface area contributed by atoms with E-state index in [1.54, 1.807) is 16.7 Å². The number of benzene rings is 1. The van der Waals surface area contributed by atoms with Gasteiger partial charge in [-0.2, -0.15) is 13.2 Å². The second-order valence-electron chi connectivity index (χ2n) is 8.07. The Labute approximate surface area is 173 Å². The Bertz CT molecular complexity index is 770. The van der Waals surface area contributed by atoms with Crippen LogP contribution in [0.3, 0.4) is 0 Å². The molecule has 0 radical (unpaired) electrons. The monoisotopic (exact) mass is 425 g/mol. The van der Waals surface area contributed by atoms with Crippen molar-refractivity contribution < 1.29 is 18.0 Å². The summed E-state index contributed by atoms with van der Waals surface area (Å²) >= 11 is 1.67. The summed E-state index contributed by atoms with van der Waals surface area (Å²) in [4.78, 5) is 21.4. The maximum Gasteiger partial charge on any atom is 0.416 e. The van der Waals surface area contributed by atoms with Crippen LogP contribution >= 0.6 is 11.8 Å². The third-order valence-electron chi connectivity index (χ3n) is 5.82. The van der Waals surface area contributed by atoms with E-state index in [0.717, 1.165) is 43.0 Å². The van der Waals surface area contributed by atoms with Crippen molar-refractivity contribution in [1.82, 2.24) is 4.90 Å². The van der Waals surface area contributed by atoms with E-state index >= 15 is 0 Å². The van der Waals surface area contributed by atoms with Crippen molar-refractivity contribution in [3.05, 3.63) is 29.8 Å². The molecule has 1 aromatic rings. The van der Waals surface area contributed by atoms with Crippen molar-refractivity contribution >= 4 is 28.5 Å². The molecule has 1 amide bonds. The minimum Gasteiger partial charge on any atom is -0.327 e. The van der Waals surface area contributed by atoms with Crippen LogP contribution in [0.2, 0.25) is 0 Å². The molecule has 158 valence electrons. The van der Waals surface area contributed by atoms with E-state index in [2.05, 4.69) is 4.90 Å². The van der Waals surface area contributed by atoms with Crippen molar-refractivity contribution in [2.45, 2.75) is 76.3 Å². The minimum atomic E-state index is -4.39. The molecular weight excluding hydrogens is 399 g/mol. The van der Waals surface area contributed by atoms with Crippen LogP contribution in [0.1, 0.15) is 57.4 Å². The lowest BCUT2D eigenvalue weighted by Gasteiger charge is -2.35. The van der Waals surface area contributed by atoms with Crippen LogP contribution in [-0.4, -0.2) is 40.0 Å². The number of thioether (sulfide) groups is 1. The highest BCUT2D eigenvalue weighted by atomic mass is 32.2. The summed E-state index contributed by atoms with van der Waals surface area (Å²) in [6.45, 7) is 1.48. The Hall–Kier alpha value is -1.70. The highest BCUT2D eigenvalue weighted by molar-refractivity contribution is 8.14. The number of halogens is 3. The number of carbonyl (C=O) groups is 1. The van der Waals surface area contributed by atoms with Crippen LogP contribution in [0.5, 0.6) is 0 Å². The number of hydrogen-bond acceptors (Lipinski definition) is 3. The SMILES string of the molecule is CC(=O)N(c1ccc(C(F)(F)F)cc1)C1CSC(=NC2CCCCC2)N1C1CC1. The van der Waals surface area contributed by atoms with Crippen LogP contribution in [0.15, 0.2) is 29.3 Å². The lowest BCUT2D eigenvalue weighted by molar-refractivity contribution is -0.137. The van der Waals surface area contributed by atoms with Gasteiger partial charge in [0.05, 0.1) is 11.6 Å². The number of anilines is 1. The van der Waals surface area contributed by atoms with Crippen molar-refractivity contribution in [2.24, 2.45) is 4.99 Å². The third kappa shape index (κ3) is 4.57. The standard InChI is InChI=1S/C21H26F3N3OS/c1-14(28)26(17-9-7-15(8-10-17)21(22,23)24)19-13-29-20(27(19)18-11-12-18)25-16-5-3-2-4-6-16/h7-10,16,18-19H,2-6,11-13H2,1H3. The maximum atomic E-state index is 12.9. The lowest BCUT2D eigenvalue weighted by atomic mass is 9.96. The number of amidine groups is 1. The molecule has 4 nitrogen and oxygen atoms in total. The first-order chi connectivity index (χ1) is 13.8. The molecule has 1 unspecified atom stereocenters. The van der Waals surface area contributed by atoms with Gasteiger partial charge in [0.2, 0.25) is 5.91 Å². The van der Waals surface area contributed by atoms with Gasteiger partial charge in [-0.05, 0) is 49.9 Å². The van der Waals surface area contributed by atoms with E-state index < -0.39 is 11.7 Å².